The van der Waals surface area contributed by atoms with Crippen LogP contribution in [0.4, 0.5) is 5.82 Å². The molecule has 21 heavy (non-hydrogen) atoms. The van der Waals surface area contributed by atoms with Crippen molar-refractivity contribution in [3.63, 3.8) is 0 Å². The number of halogens is 3. The van der Waals surface area contributed by atoms with Crippen LogP contribution in [0.15, 0.2) is 22.7 Å². The molecule has 4 nitrogen and oxygen atoms in total. The Morgan fingerprint density at radius 1 is 1.38 bits per heavy atom. The maximum atomic E-state index is 6.08. The Bertz CT molecular complexity index is 627. The van der Waals surface area contributed by atoms with Crippen molar-refractivity contribution in [1.29, 1.82) is 0 Å². The Kier molecular flexibility index (Phi) is 6.21. The van der Waals surface area contributed by atoms with Gasteiger partial charge in [-0.2, -0.15) is 0 Å². The summed E-state index contributed by atoms with van der Waals surface area (Å²) in [6, 6.07) is 5.56. The van der Waals surface area contributed by atoms with Crippen molar-refractivity contribution in [2.24, 2.45) is 0 Å². The molecule has 0 bridgehead atoms. The molecule has 0 atom stereocenters. The SMILES string of the molecule is CCNc1nc(-c2cc(Cl)ccc2Br)nc(COC)c1I. The summed E-state index contributed by atoms with van der Waals surface area (Å²) in [7, 11) is 1.65. The minimum atomic E-state index is 0.435. The van der Waals surface area contributed by atoms with E-state index in [1.54, 1.807) is 7.11 Å². The maximum absolute atomic E-state index is 6.08. The van der Waals surface area contributed by atoms with Crippen molar-refractivity contribution in [2.75, 3.05) is 19.0 Å². The Labute approximate surface area is 150 Å². The molecule has 0 saturated heterocycles. The van der Waals surface area contributed by atoms with Gasteiger partial charge in [-0.3, -0.25) is 0 Å². The zero-order chi connectivity index (χ0) is 15.4. The zero-order valence-corrected chi connectivity index (χ0v) is 16.1. The minimum Gasteiger partial charge on any atom is -0.378 e. The monoisotopic (exact) mass is 481 g/mol. The van der Waals surface area contributed by atoms with Crippen molar-refractivity contribution in [3.05, 3.63) is 37.0 Å². The van der Waals surface area contributed by atoms with Crippen LogP contribution in [-0.2, 0) is 11.3 Å². The second-order valence-corrected chi connectivity index (χ2v) is 6.61. The molecule has 2 aromatic rings. The third-order valence-electron chi connectivity index (χ3n) is 2.71. The highest BCUT2D eigenvalue weighted by Gasteiger charge is 2.15. The molecule has 0 aliphatic rings. The lowest BCUT2D eigenvalue weighted by Crippen LogP contribution is -2.08. The normalized spacial score (nSPS) is 10.7. The standard InChI is InChI=1S/C14H14BrClIN3O/c1-3-18-14-12(17)11(7-21-2)19-13(20-14)9-6-8(16)4-5-10(9)15/h4-6H,3,7H2,1-2H3,(H,18,19,20). The van der Waals surface area contributed by atoms with Gasteiger partial charge in [-0.1, -0.05) is 27.5 Å². The number of hydrogen-bond acceptors (Lipinski definition) is 4. The fourth-order valence-electron chi connectivity index (χ4n) is 1.80. The number of rotatable bonds is 5. The molecule has 1 aromatic carbocycles. The number of anilines is 1. The van der Waals surface area contributed by atoms with Gasteiger partial charge >= 0.3 is 0 Å². The Morgan fingerprint density at radius 3 is 2.81 bits per heavy atom. The molecule has 0 radical (unpaired) electrons. The van der Waals surface area contributed by atoms with Gasteiger partial charge in [0.25, 0.3) is 0 Å². The van der Waals surface area contributed by atoms with E-state index in [0.717, 1.165) is 31.7 Å². The maximum Gasteiger partial charge on any atom is 0.163 e. The van der Waals surface area contributed by atoms with E-state index in [0.29, 0.717) is 17.5 Å². The lowest BCUT2D eigenvalue weighted by atomic mass is 10.2. The van der Waals surface area contributed by atoms with Gasteiger partial charge in [0.05, 0.1) is 15.9 Å². The highest BCUT2D eigenvalue weighted by atomic mass is 127. The van der Waals surface area contributed by atoms with Gasteiger partial charge in [-0.25, -0.2) is 9.97 Å². The first kappa shape index (κ1) is 16.9. The molecule has 7 heteroatoms. The van der Waals surface area contributed by atoms with E-state index in [9.17, 15) is 0 Å². The van der Waals surface area contributed by atoms with Gasteiger partial charge in [0.1, 0.15) is 5.82 Å². The van der Waals surface area contributed by atoms with Gasteiger partial charge in [0, 0.05) is 28.7 Å². The highest BCUT2D eigenvalue weighted by Crippen LogP contribution is 2.31. The molecule has 1 heterocycles. The quantitative estimate of drug-likeness (QED) is 0.626. The predicted octanol–water partition coefficient (Wildman–Crippen LogP) is 4.74. The van der Waals surface area contributed by atoms with E-state index < -0.39 is 0 Å². The molecule has 0 amide bonds. The average Bonchev–Trinajstić information content (AvgIpc) is 2.46. The topological polar surface area (TPSA) is 47.0 Å². The first-order chi connectivity index (χ1) is 10.1. The van der Waals surface area contributed by atoms with Crippen molar-refractivity contribution in [2.45, 2.75) is 13.5 Å². The first-order valence-electron chi connectivity index (χ1n) is 6.31. The summed E-state index contributed by atoms with van der Waals surface area (Å²) in [6.07, 6.45) is 0. The van der Waals surface area contributed by atoms with Crippen LogP contribution in [0.1, 0.15) is 12.6 Å². The van der Waals surface area contributed by atoms with E-state index in [1.807, 2.05) is 25.1 Å². The fourth-order valence-corrected chi connectivity index (χ4v) is 2.98. The van der Waals surface area contributed by atoms with E-state index in [2.05, 4.69) is 53.8 Å². The highest BCUT2D eigenvalue weighted by molar-refractivity contribution is 14.1. The molecule has 0 aliphatic heterocycles. The van der Waals surface area contributed by atoms with Gasteiger partial charge < -0.3 is 10.1 Å². The molecule has 0 unspecified atom stereocenters. The van der Waals surface area contributed by atoms with Crippen LogP contribution in [0, 0.1) is 3.57 Å². The molecule has 2 rings (SSSR count). The molecule has 0 saturated carbocycles. The second kappa shape index (κ2) is 7.71. The molecule has 112 valence electrons. The Morgan fingerprint density at radius 2 is 2.14 bits per heavy atom. The molecule has 0 fully saturated rings. The predicted molar refractivity (Wildman–Crippen MR) is 97.8 cm³/mol. The van der Waals surface area contributed by atoms with E-state index in [-0.39, 0.29) is 0 Å². The average molecular weight is 483 g/mol. The fraction of sp³-hybridized carbons (Fsp3) is 0.286. The summed E-state index contributed by atoms with van der Waals surface area (Å²) in [6.45, 7) is 3.25. The number of nitrogens with zero attached hydrogens (tertiary/aromatic N) is 2. The molecular formula is C14H14BrClIN3O. The van der Waals surface area contributed by atoms with Crippen LogP contribution >= 0.6 is 50.1 Å². The molecular weight excluding hydrogens is 468 g/mol. The van der Waals surface area contributed by atoms with Crippen LogP contribution in [0.25, 0.3) is 11.4 Å². The second-order valence-electron chi connectivity index (χ2n) is 4.24. The smallest absolute Gasteiger partial charge is 0.163 e. The zero-order valence-electron chi connectivity index (χ0n) is 11.6. The minimum absolute atomic E-state index is 0.435. The third-order valence-corrected chi connectivity index (χ3v) is 4.77. The number of hydrogen-bond donors (Lipinski definition) is 1. The van der Waals surface area contributed by atoms with E-state index >= 15 is 0 Å². The van der Waals surface area contributed by atoms with Gasteiger partial charge in [0.2, 0.25) is 0 Å². The Hall–Kier alpha value is -0.440. The number of ether oxygens (including phenoxy) is 1. The third kappa shape index (κ3) is 4.06. The number of nitrogens with one attached hydrogen (secondary N) is 1. The lowest BCUT2D eigenvalue weighted by Gasteiger charge is -2.13. The van der Waals surface area contributed by atoms with Crippen LogP contribution in [0.5, 0.6) is 0 Å². The summed E-state index contributed by atoms with van der Waals surface area (Å²) in [5.41, 5.74) is 1.71. The first-order valence-corrected chi connectivity index (χ1v) is 8.56. The van der Waals surface area contributed by atoms with Gasteiger partial charge in [-0.15, -0.1) is 0 Å². The number of aromatic nitrogens is 2. The lowest BCUT2D eigenvalue weighted by molar-refractivity contribution is 0.181. The van der Waals surface area contributed by atoms with E-state index in [4.69, 9.17) is 16.3 Å². The van der Waals surface area contributed by atoms with E-state index in [1.165, 1.54) is 0 Å². The van der Waals surface area contributed by atoms with Crippen LogP contribution < -0.4 is 5.32 Å². The van der Waals surface area contributed by atoms with Crippen molar-refractivity contribution in [1.82, 2.24) is 9.97 Å². The van der Waals surface area contributed by atoms with Crippen LogP contribution in [0.3, 0.4) is 0 Å². The van der Waals surface area contributed by atoms with Crippen LogP contribution in [0.2, 0.25) is 5.02 Å². The molecule has 0 spiro atoms. The van der Waals surface area contributed by atoms with Crippen molar-refractivity contribution >= 4 is 55.9 Å². The summed E-state index contributed by atoms with van der Waals surface area (Å²) in [4.78, 5) is 9.21. The summed E-state index contributed by atoms with van der Waals surface area (Å²) < 4.78 is 7.10. The summed E-state index contributed by atoms with van der Waals surface area (Å²) in [5.74, 6) is 1.43. The van der Waals surface area contributed by atoms with Gasteiger partial charge in [0.15, 0.2) is 5.82 Å². The van der Waals surface area contributed by atoms with Crippen molar-refractivity contribution in [3.8, 4) is 11.4 Å². The summed E-state index contributed by atoms with van der Waals surface area (Å²) in [5, 5.41) is 3.90. The van der Waals surface area contributed by atoms with Crippen molar-refractivity contribution < 1.29 is 4.74 Å². The number of benzene rings is 1. The number of methoxy groups -OCH3 is 1. The molecule has 0 aliphatic carbocycles. The Balaban J connectivity index is 2.59. The van der Waals surface area contributed by atoms with Crippen LogP contribution in [-0.4, -0.2) is 23.6 Å². The molecule has 1 N–H and O–H groups in total. The summed E-state index contributed by atoms with van der Waals surface area (Å²) >= 11 is 11.8. The largest absolute Gasteiger partial charge is 0.378 e. The van der Waals surface area contributed by atoms with Gasteiger partial charge in [-0.05, 0) is 47.7 Å². The molecule has 1 aromatic heterocycles.